The lowest BCUT2D eigenvalue weighted by Gasteiger charge is -2.36. The lowest BCUT2D eigenvalue weighted by atomic mass is 10.1. The Balaban J connectivity index is 2.28. The Morgan fingerprint density at radius 2 is 2.26 bits per heavy atom. The van der Waals surface area contributed by atoms with Crippen molar-refractivity contribution in [1.29, 1.82) is 0 Å². The van der Waals surface area contributed by atoms with Crippen LogP contribution in [0.3, 0.4) is 0 Å². The molecule has 2 rings (SSSR count). The summed E-state index contributed by atoms with van der Waals surface area (Å²) in [5.41, 5.74) is 6.36. The molecule has 1 amide bonds. The number of carbonyl (C=O) groups excluding carboxylic acids is 1. The van der Waals surface area contributed by atoms with E-state index in [0.29, 0.717) is 18.9 Å². The number of amides is 1. The van der Waals surface area contributed by atoms with Gasteiger partial charge in [-0.3, -0.25) is 4.79 Å². The van der Waals surface area contributed by atoms with Crippen LogP contribution < -0.4 is 15.4 Å². The number of para-hydroxylation sites is 2. The van der Waals surface area contributed by atoms with Gasteiger partial charge in [0.05, 0.1) is 25.4 Å². The summed E-state index contributed by atoms with van der Waals surface area (Å²) in [6.07, 6.45) is 1.70. The molecule has 1 saturated heterocycles. The molecule has 5 heteroatoms. The minimum Gasteiger partial charge on any atom is -0.495 e. The van der Waals surface area contributed by atoms with Gasteiger partial charge in [-0.25, -0.2) is 0 Å². The Kier molecular flexibility index (Phi) is 4.76. The topological polar surface area (TPSA) is 64.8 Å². The van der Waals surface area contributed by atoms with E-state index >= 15 is 0 Å². The van der Waals surface area contributed by atoms with Crippen molar-refractivity contribution in [1.82, 2.24) is 0 Å². The van der Waals surface area contributed by atoms with Crippen LogP contribution in [0.1, 0.15) is 12.8 Å². The van der Waals surface area contributed by atoms with Crippen molar-refractivity contribution in [2.75, 3.05) is 31.8 Å². The zero-order valence-electron chi connectivity index (χ0n) is 11.2. The number of benzene rings is 1. The van der Waals surface area contributed by atoms with Crippen molar-refractivity contribution in [2.24, 2.45) is 5.73 Å². The fraction of sp³-hybridized carbons (Fsp3) is 0.500. The molecule has 0 saturated carbocycles. The number of methoxy groups -OCH3 is 1. The second-order valence-electron chi connectivity index (χ2n) is 4.54. The van der Waals surface area contributed by atoms with E-state index in [0.717, 1.165) is 18.5 Å². The van der Waals surface area contributed by atoms with Crippen LogP contribution in [0.25, 0.3) is 0 Å². The monoisotopic (exact) mass is 264 g/mol. The molecule has 1 aromatic carbocycles. The van der Waals surface area contributed by atoms with E-state index in [1.165, 1.54) is 0 Å². The first-order valence-electron chi connectivity index (χ1n) is 6.50. The maximum absolute atomic E-state index is 12.2. The van der Waals surface area contributed by atoms with Crippen molar-refractivity contribution < 1.29 is 14.3 Å². The maximum Gasteiger partial charge on any atom is 0.253 e. The van der Waals surface area contributed by atoms with Gasteiger partial charge in [-0.05, 0) is 31.5 Å². The summed E-state index contributed by atoms with van der Waals surface area (Å²) in [5.74, 6) is 0.674. The van der Waals surface area contributed by atoms with Crippen LogP contribution in [-0.4, -0.2) is 38.8 Å². The summed E-state index contributed by atoms with van der Waals surface area (Å²) < 4.78 is 10.7. The number of nitrogens with two attached hydrogens (primary N) is 1. The summed E-state index contributed by atoms with van der Waals surface area (Å²) in [4.78, 5) is 13.9. The number of carbonyl (C=O) groups is 1. The number of nitrogens with zero attached hydrogens (tertiary/aromatic N) is 1. The van der Waals surface area contributed by atoms with Gasteiger partial charge in [0.2, 0.25) is 0 Å². The summed E-state index contributed by atoms with van der Waals surface area (Å²) >= 11 is 0. The molecule has 1 atom stereocenters. The Labute approximate surface area is 113 Å². The highest BCUT2D eigenvalue weighted by Crippen LogP contribution is 2.31. The van der Waals surface area contributed by atoms with Gasteiger partial charge in [-0.2, -0.15) is 0 Å². The average molecular weight is 264 g/mol. The molecule has 1 heterocycles. The number of hydrogen-bond donors (Lipinski definition) is 1. The second kappa shape index (κ2) is 6.54. The molecular weight excluding hydrogens is 244 g/mol. The first-order valence-corrected chi connectivity index (χ1v) is 6.50. The zero-order valence-corrected chi connectivity index (χ0v) is 11.2. The van der Waals surface area contributed by atoms with Crippen molar-refractivity contribution >= 4 is 11.6 Å². The van der Waals surface area contributed by atoms with Crippen molar-refractivity contribution in [2.45, 2.75) is 18.9 Å². The lowest BCUT2D eigenvalue weighted by molar-refractivity contribution is -0.127. The number of rotatable bonds is 5. The van der Waals surface area contributed by atoms with Crippen molar-refractivity contribution in [3.05, 3.63) is 24.3 Å². The van der Waals surface area contributed by atoms with E-state index in [1.807, 2.05) is 24.3 Å². The summed E-state index contributed by atoms with van der Waals surface area (Å²) in [5, 5.41) is 0. The molecule has 0 aliphatic carbocycles. The van der Waals surface area contributed by atoms with Gasteiger partial charge in [0.1, 0.15) is 12.4 Å². The third-order valence-corrected chi connectivity index (χ3v) is 3.26. The molecule has 1 aromatic rings. The van der Waals surface area contributed by atoms with Crippen LogP contribution in [0.2, 0.25) is 0 Å². The van der Waals surface area contributed by atoms with Gasteiger partial charge in [-0.15, -0.1) is 0 Å². The first-order chi connectivity index (χ1) is 9.27. The van der Waals surface area contributed by atoms with E-state index in [1.54, 1.807) is 12.0 Å². The standard InChI is InChI=1S/C14H20N2O3/c1-18-13-7-3-2-6-12(13)16-11(5-4-8-15)9-19-10-14(16)17/h2-3,6-7,11H,4-5,8-10,15H2,1H3. The third-order valence-electron chi connectivity index (χ3n) is 3.26. The SMILES string of the molecule is COc1ccccc1N1C(=O)COCC1CCCN. The molecule has 19 heavy (non-hydrogen) atoms. The lowest BCUT2D eigenvalue weighted by Crippen LogP contribution is -2.50. The molecule has 1 unspecified atom stereocenters. The Morgan fingerprint density at radius 3 is 3.00 bits per heavy atom. The Bertz CT molecular complexity index is 436. The highest BCUT2D eigenvalue weighted by atomic mass is 16.5. The smallest absolute Gasteiger partial charge is 0.253 e. The van der Waals surface area contributed by atoms with E-state index in [4.69, 9.17) is 15.2 Å². The highest BCUT2D eigenvalue weighted by molar-refractivity contribution is 5.96. The largest absolute Gasteiger partial charge is 0.495 e. The average Bonchev–Trinajstić information content (AvgIpc) is 2.45. The fourth-order valence-electron chi connectivity index (χ4n) is 2.36. The van der Waals surface area contributed by atoms with Crippen molar-refractivity contribution in [3.8, 4) is 5.75 Å². The van der Waals surface area contributed by atoms with Crippen molar-refractivity contribution in [3.63, 3.8) is 0 Å². The molecule has 1 aliphatic heterocycles. The van der Waals surface area contributed by atoms with Crippen LogP contribution in [0.15, 0.2) is 24.3 Å². The summed E-state index contributed by atoms with van der Waals surface area (Å²) in [6.45, 7) is 1.28. The minimum absolute atomic E-state index is 0.0288. The maximum atomic E-state index is 12.2. The second-order valence-corrected chi connectivity index (χ2v) is 4.54. The number of anilines is 1. The summed E-state index contributed by atoms with van der Waals surface area (Å²) in [6, 6.07) is 7.58. The van der Waals surface area contributed by atoms with Gasteiger partial charge >= 0.3 is 0 Å². The molecular formula is C14H20N2O3. The first kappa shape index (κ1) is 13.8. The normalized spacial score (nSPS) is 19.6. The van der Waals surface area contributed by atoms with Crippen LogP contribution >= 0.6 is 0 Å². The molecule has 1 aliphatic rings. The minimum atomic E-state index is -0.0298. The molecule has 2 N–H and O–H groups in total. The highest BCUT2D eigenvalue weighted by Gasteiger charge is 2.31. The van der Waals surface area contributed by atoms with Crippen LogP contribution in [0, 0.1) is 0 Å². The van der Waals surface area contributed by atoms with Crippen LogP contribution in [0.5, 0.6) is 5.75 Å². The predicted molar refractivity (Wildman–Crippen MR) is 73.4 cm³/mol. The predicted octanol–water partition coefficient (Wildman–Crippen LogP) is 1.17. The van der Waals surface area contributed by atoms with Crippen LogP contribution in [0.4, 0.5) is 5.69 Å². The molecule has 0 aromatic heterocycles. The molecule has 1 fully saturated rings. The number of ether oxygens (including phenoxy) is 2. The molecule has 0 spiro atoms. The number of hydrogen-bond acceptors (Lipinski definition) is 4. The zero-order chi connectivity index (χ0) is 13.7. The van der Waals surface area contributed by atoms with Gasteiger partial charge < -0.3 is 20.1 Å². The molecule has 104 valence electrons. The number of morpholine rings is 1. The Hall–Kier alpha value is -1.59. The quantitative estimate of drug-likeness (QED) is 0.867. The third kappa shape index (κ3) is 3.05. The fourth-order valence-corrected chi connectivity index (χ4v) is 2.36. The Morgan fingerprint density at radius 1 is 1.47 bits per heavy atom. The molecule has 0 bridgehead atoms. The van der Waals surface area contributed by atoms with Gasteiger partial charge in [0, 0.05) is 0 Å². The van der Waals surface area contributed by atoms with E-state index in [2.05, 4.69) is 0 Å². The van der Waals surface area contributed by atoms with E-state index in [9.17, 15) is 4.79 Å². The van der Waals surface area contributed by atoms with Gasteiger partial charge in [-0.1, -0.05) is 12.1 Å². The van der Waals surface area contributed by atoms with Gasteiger partial charge in [0.25, 0.3) is 5.91 Å². The van der Waals surface area contributed by atoms with Gasteiger partial charge in [0.15, 0.2) is 0 Å². The molecule has 0 radical (unpaired) electrons. The molecule has 5 nitrogen and oxygen atoms in total. The van der Waals surface area contributed by atoms with E-state index in [-0.39, 0.29) is 18.6 Å². The van der Waals surface area contributed by atoms with E-state index < -0.39 is 0 Å². The van der Waals surface area contributed by atoms with Crippen LogP contribution in [-0.2, 0) is 9.53 Å². The summed E-state index contributed by atoms with van der Waals surface area (Å²) in [7, 11) is 1.61.